The molecule has 31 heavy (non-hydrogen) atoms. The first-order valence-corrected chi connectivity index (χ1v) is 10.1. The summed E-state index contributed by atoms with van der Waals surface area (Å²) in [7, 11) is 0. The number of esters is 1. The monoisotopic (exact) mass is 417 g/mol. The molecule has 1 aliphatic heterocycles. The van der Waals surface area contributed by atoms with E-state index < -0.39 is 12.1 Å². The van der Waals surface area contributed by atoms with E-state index in [0.29, 0.717) is 29.5 Å². The van der Waals surface area contributed by atoms with E-state index >= 15 is 0 Å². The maximum Gasteiger partial charge on any atom is 0.312 e. The zero-order chi connectivity index (χ0) is 21.6. The van der Waals surface area contributed by atoms with Crippen molar-refractivity contribution in [1.82, 2.24) is 0 Å². The molecule has 0 N–H and O–H groups in total. The van der Waals surface area contributed by atoms with Crippen molar-refractivity contribution in [2.75, 3.05) is 11.4 Å². The maximum absolute atomic E-state index is 12.5. The molecule has 1 amide bonds. The summed E-state index contributed by atoms with van der Waals surface area (Å²) in [6, 6.07) is 24.1. The zero-order valence-corrected chi connectivity index (χ0v) is 17.2. The molecule has 1 heterocycles. The summed E-state index contributed by atoms with van der Waals surface area (Å²) in [6.45, 7) is 2.39. The number of nitrogens with zero attached hydrogens (tertiary/aromatic N) is 1. The lowest BCUT2D eigenvalue weighted by molar-refractivity contribution is -0.134. The van der Waals surface area contributed by atoms with Gasteiger partial charge >= 0.3 is 5.97 Å². The Morgan fingerprint density at radius 2 is 1.61 bits per heavy atom. The number of anilines is 1. The van der Waals surface area contributed by atoms with Gasteiger partial charge in [0, 0.05) is 6.54 Å². The highest BCUT2D eigenvalue weighted by molar-refractivity contribution is 6.00. The average Bonchev–Trinajstić information content (AvgIpc) is 2.79. The molecule has 3 aromatic rings. The number of fused-ring (bicyclic) bond motifs is 1. The van der Waals surface area contributed by atoms with E-state index in [4.69, 9.17) is 14.2 Å². The highest BCUT2D eigenvalue weighted by atomic mass is 16.5. The summed E-state index contributed by atoms with van der Waals surface area (Å²) in [5, 5.41) is 0. The van der Waals surface area contributed by atoms with Crippen molar-refractivity contribution < 1.29 is 23.8 Å². The second-order valence-electron chi connectivity index (χ2n) is 7.19. The number of amides is 1. The highest BCUT2D eigenvalue weighted by Crippen LogP contribution is 2.33. The molecule has 0 saturated heterocycles. The molecule has 0 radical (unpaired) electrons. The average molecular weight is 417 g/mol. The Labute approximate surface area is 181 Å². The van der Waals surface area contributed by atoms with E-state index in [-0.39, 0.29) is 18.9 Å². The number of hydrogen-bond donors (Lipinski definition) is 0. The molecule has 6 heteroatoms. The minimum absolute atomic E-state index is 0.0685. The van der Waals surface area contributed by atoms with Crippen LogP contribution in [0.25, 0.3) is 0 Å². The van der Waals surface area contributed by atoms with Gasteiger partial charge in [0.25, 0.3) is 5.91 Å². The van der Waals surface area contributed by atoms with Crippen molar-refractivity contribution in [3.63, 3.8) is 0 Å². The predicted molar refractivity (Wildman–Crippen MR) is 116 cm³/mol. The van der Waals surface area contributed by atoms with Crippen molar-refractivity contribution in [3.8, 4) is 17.2 Å². The number of carbonyl (C=O) groups excluding carboxylic acids is 2. The van der Waals surface area contributed by atoms with Gasteiger partial charge in [0.05, 0.1) is 12.1 Å². The van der Waals surface area contributed by atoms with Crippen LogP contribution < -0.4 is 19.1 Å². The first-order chi connectivity index (χ1) is 15.1. The van der Waals surface area contributed by atoms with Crippen LogP contribution >= 0.6 is 0 Å². The van der Waals surface area contributed by atoms with Gasteiger partial charge in [-0.1, -0.05) is 42.5 Å². The van der Waals surface area contributed by atoms with Gasteiger partial charge in [-0.3, -0.25) is 9.59 Å². The van der Waals surface area contributed by atoms with E-state index in [1.54, 1.807) is 42.2 Å². The molecule has 0 spiro atoms. The number of ether oxygens (including phenoxy) is 3. The topological polar surface area (TPSA) is 65.1 Å². The third-order valence-corrected chi connectivity index (χ3v) is 4.92. The molecule has 0 aromatic heterocycles. The number of rotatable bonds is 7. The summed E-state index contributed by atoms with van der Waals surface area (Å²) >= 11 is 0. The molecule has 4 rings (SSSR count). The van der Waals surface area contributed by atoms with Crippen LogP contribution in [0.1, 0.15) is 18.9 Å². The Bertz CT molecular complexity index is 1050. The summed E-state index contributed by atoms with van der Waals surface area (Å²) in [4.78, 5) is 26.4. The van der Waals surface area contributed by atoms with E-state index in [1.807, 2.05) is 48.5 Å². The first-order valence-electron chi connectivity index (χ1n) is 10.1. The van der Waals surface area contributed by atoms with Gasteiger partial charge in [0.1, 0.15) is 23.9 Å². The quantitative estimate of drug-likeness (QED) is 0.422. The SMILES string of the molecule is CC1Oc2ccccc2N(CCC(=O)Oc2ccc(OCc3ccccc3)cc2)C1=O. The number of carbonyl (C=O) groups is 2. The fourth-order valence-corrected chi connectivity index (χ4v) is 3.32. The molecule has 3 aromatic carbocycles. The molecule has 1 unspecified atom stereocenters. The van der Waals surface area contributed by atoms with E-state index in [2.05, 4.69) is 0 Å². The lowest BCUT2D eigenvalue weighted by atomic mass is 10.2. The minimum atomic E-state index is -0.589. The fourth-order valence-electron chi connectivity index (χ4n) is 3.32. The number of hydrogen-bond acceptors (Lipinski definition) is 5. The second kappa shape index (κ2) is 9.34. The van der Waals surface area contributed by atoms with Crippen LogP contribution in [0, 0.1) is 0 Å². The van der Waals surface area contributed by atoms with Crippen LogP contribution in [0.2, 0.25) is 0 Å². The van der Waals surface area contributed by atoms with Crippen LogP contribution in [0.5, 0.6) is 17.2 Å². The highest BCUT2D eigenvalue weighted by Gasteiger charge is 2.31. The maximum atomic E-state index is 12.5. The van der Waals surface area contributed by atoms with Crippen LogP contribution in [-0.4, -0.2) is 24.5 Å². The second-order valence-corrected chi connectivity index (χ2v) is 7.19. The summed E-state index contributed by atoms with van der Waals surface area (Å²) in [5.41, 5.74) is 1.74. The van der Waals surface area contributed by atoms with Crippen molar-refractivity contribution >= 4 is 17.6 Å². The molecule has 0 bridgehead atoms. The Hall–Kier alpha value is -3.80. The van der Waals surface area contributed by atoms with Gasteiger partial charge in [0.15, 0.2) is 6.10 Å². The van der Waals surface area contributed by atoms with Crippen LogP contribution in [0.15, 0.2) is 78.9 Å². The van der Waals surface area contributed by atoms with E-state index in [9.17, 15) is 9.59 Å². The van der Waals surface area contributed by atoms with Crippen LogP contribution in [-0.2, 0) is 16.2 Å². The summed E-state index contributed by atoms with van der Waals surface area (Å²) < 4.78 is 16.8. The van der Waals surface area contributed by atoms with Crippen LogP contribution in [0.4, 0.5) is 5.69 Å². The molecule has 6 nitrogen and oxygen atoms in total. The van der Waals surface area contributed by atoms with Gasteiger partial charge in [-0.05, 0) is 48.9 Å². The van der Waals surface area contributed by atoms with E-state index in [0.717, 1.165) is 5.56 Å². The molecular weight excluding hydrogens is 394 g/mol. The Kier molecular flexibility index (Phi) is 6.17. The molecular formula is C25H23NO5. The first kappa shape index (κ1) is 20.5. The molecule has 1 atom stereocenters. The Morgan fingerprint density at radius 1 is 0.935 bits per heavy atom. The van der Waals surface area contributed by atoms with Crippen molar-refractivity contribution in [1.29, 1.82) is 0 Å². The molecule has 0 aliphatic carbocycles. The summed E-state index contributed by atoms with van der Waals surface area (Å²) in [6.07, 6.45) is -0.520. The van der Waals surface area contributed by atoms with Gasteiger partial charge < -0.3 is 19.1 Å². The van der Waals surface area contributed by atoms with Gasteiger partial charge in [0.2, 0.25) is 0 Å². The standard InChI is InChI=1S/C25H23NO5/c1-18-25(28)26(22-9-5-6-10-23(22)30-18)16-15-24(27)31-21-13-11-20(12-14-21)29-17-19-7-3-2-4-8-19/h2-14,18H,15-17H2,1H3. The largest absolute Gasteiger partial charge is 0.489 e. The molecule has 0 saturated carbocycles. The Balaban J connectivity index is 1.30. The predicted octanol–water partition coefficient (Wildman–Crippen LogP) is 4.38. The normalized spacial score (nSPS) is 15.1. The van der Waals surface area contributed by atoms with Crippen molar-refractivity contribution in [2.45, 2.75) is 26.1 Å². The lowest BCUT2D eigenvalue weighted by Gasteiger charge is -2.32. The smallest absolute Gasteiger partial charge is 0.312 e. The van der Waals surface area contributed by atoms with Gasteiger partial charge in [-0.25, -0.2) is 0 Å². The van der Waals surface area contributed by atoms with Crippen molar-refractivity contribution in [2.24, 2.45) is 0 Å². The molecule has 1 aliphatic rings. The molecule has 158 valence electrons. The van der Waals surface area contributed by atoms with Gasteiger partial charge in [-0.2, -0.15) is 0 Å². The summed E-state index contributed by atoms with van der Waals surface area (Å²) in [5.74, 6) is 1.16. The third-order valence-electron chi connectivity index (χ3n) is 4.92. The minimum Gasteiger partial charge on any atom is -0.489 e. The van der Waals surface area contributed by atoms with Crippen molar-refractivity contribution in [3.05, 3.63) is 84.4 Å². The fraction of sp³-hybridized carbons (Fsp3) is 0.200. The third kappa shape index (κ3) is 5.04. The van der Waals surface area contributed by atoms with Crippen LogP contribution in [0.3, 0.4) is 0 Å². The van der Waals surface area contributed by atoms with E-state index in [1.165, 1.54) is 0 Å². The Morgan fingerprint density at radius 3 is 2.39 bits per heavy atom. The zero-order valence-electron chi connectivity index (χ0n) is 17.2. The number of para-hydroxylation sites is 2. The van der Waals surface area contributed by atoms with Gasteiger partial charge in [-0.15, -0.1) is 0 Å². The number of benzene rings is 3. The lowest BCUT2D eigenvalue weighted by Crippen LogP contribution is -2.45. The molecule has 0 fully saturated rings.